The second-order valence-electron chi connectivity index (χ2n) is 8.44. The number of hydrogen-bond acceptors (Lipinski definition) is 7. The Balaban J connectivity index is 1.66. The third kappa shape index (κ3) is 4.66. The highest BCUT2D eigenvalue weighted by atomic mass is 32.2. The largest absolute Gasteiger partial charge is 0.468 e. The molecule has 5 rings (SSSR count). The fourth-order valence-electron chi connectivity index (χ4n) is 4.07. The molecule has 0 aliphatic rings. The summed E-state index contributed by atoms with van der Waals surface area (Å²) in [5.74, 6) is -0.772. The number of nitrogens with one attached hydrogen (secondary N) is 2. The van der Waals surface area contributed by atoms with Gasteiger partial charge in [0.2, 0.25) is 10.0 Å². The molecule has 2 N–H and O–H groups in total. The van der Waals surface area contributed by atoms with E-state index in [2.05, 4.69) is 24.6 Å². The van der Waals surface area contributed by atoms with E-state index in [-0.39, 0.29) is 27.2 Å². The van der Waals surface area contributed by atoms with Crippen LogP contribution in [0.3, 0.4) is 0 Å². The maximum Gasteiger partial charge on any atom is 0.416 e. The van der Waals surface area contributed by atoms with Gasteiger partial charge in [-0.1, -0.05) is 12.1 Å². The van der Waals surface area contributed by atoms with Gasteiger partial charge >= 0.3 is 12.1 Å². The second-order valence-corrected chi connectivity index (χ2v) is 10.2. The molecule has 0 radical (unpaired) electrons. The van der Waals surface area contributed by atoms with Crippen LogP contribution in [-0.4, -0.2) is 52.6 Å². The third-order valence-corrected chi connectivity index (χ3v) is 7.44. The Morgan fingerprint density at radius 2 is 1.87 bits per heavy atom. The highest BCUT2D eigenvalue weighted by Crippen LogP contribution is 2.34. The summed E-state index contributed by atoms with van der Waals surface area (Å²) in [5.41, 5.74) is -0.528. The molecular weight excluding hydrogens is 541 g/mol. The number of nitrogens with zero attached hydrogens (tertiary/aromatic N) is 4. The molecular formula is C24H19F3N6O5S. The van der Waals surface area contributed by atoms with Crippen molar-refractivity contribution in [2.75, 3.05) is 13.7 Å². The Hall–Kier alpha value is -4.50. The predicted molar refractivity (Wildman–Crippen MR) is 134 cm³/mol. The van der Waals surface area contributed by atoms with Gasteiger partial charge in [0.15, 0.2) is 5.65 Å². The minimum atomic E-state index is -4.60. The average molecular weight is 561 g/mol. The summed E-state index contributed by atoms with van der Waals surface area (Å²) in [4.78, 5) is 29.2. The van der Waals surface area contributed by atoms with E-state index in [1.54, 1.807) is 7.05 Å². The van der Waals surface area contributed by atoms with Crippen LogP contribution >= 0.6 is 0 Å². The highest BCUT2D eigenvalue weighted by Gasteiger charge is 2.31. The SMILES string of the molecule is COC(=O)CNS(=O)(=O)c1ccc(-n2[nH]c3c(c(-c4cccc(C(F)(F)F)c4)nc4c3cnn4C)c2=O)cc1. The molecule has 3 aromatic heterocycles. The molecule has 15 heteroatoms. The summed E-state index contributed by atoms with van der Waals surface area (Å²) in [5, 5.41) is 7.62. The van der Waals surface area contributed by atoms with Gasteiger partial charge in [0.25, 0.3) is 5.56 Å². The zero-order valence-corrected chi connectivity index (χ0v) is 21.1. The van der Waals surface area contributed by atoms with E-state index < -0.39 is 39.8 Å². The normalized spacial score (nSPS) is 12.3. The molecule has 0 unspecified atom stereocenters. The molecule has 0 atom stereocenters. The number of methoxy groups -OCH3 is 1. The first-order valence-corrected chi connectivity index (χ1v) is 12.7. The summed E-state index contributed by atoms with van der Waals surface area (Å²) in [6.07, 6.45) is -3.12. The molecule has 3 heterocycles. The Bertz CT molecular complexity index is 1910. The lowest BCUT2D eigenvalue weighted by molar-refractivity contribution is -0.139. The van der Waals surface area contributed by atoms with Crippen LogP contribution in [0.4, 0.5) is 13.2 Å². The van der Waals surface area contributed by atoms with Crippen LogP contribution in [0.25, 0.3) is 38.9 Å². The van der Waals surface area contributed by atoms with Gasteiger partial charge in [0.05, 0.1) is 51.4 Å². The molecule has 0 fully saturated rings. The number of aromatic amines is 1. The summed E-state index contributed by atoms with van der Waals surface area (Å²) < 4.78 is 74.3. The number of benzene rings is 2. The predicted octanol–water partition coefficient (Wildman–Crippen LogP) is 2.74. The van der Waals surface area contributed by atoms with Gasteiger partial charge < -0.3 is 4.74 Å². The average Bonchev–Trinajstić information content (AvgIpc) is 3.46. The van der Waals surface area contributed by atoms with Crippen molar-refractivity contribution < 1.29 is 31.1 Å². The van der Waals surface area contributed by atoms with E-state index in [9.17, 15) is 31.2 Å². The Kier molecular flexibility index (Phi) is 6.27. The van der Waals surface area contributed by atoms with Gasteiger partial charge in [-0.2, -0.15) is 23.0 Å². The maximum atomic E-state index is 13.6. The molecule has 39 heavy (non-hydrogen) atoms. The standard InChI is InChI=1S/C24H19F3N6O5S/c1-32-22-17(11-28-32)21-19(20(30-22)13-4-3-5-14(10-13)24(25,26)27)23(35)33(31-21)15-6-8-16(9-7-15)39(36,37)29-12-18(34)38-2/h3-11,29,31H,12H2,1-2H3. The van der Waals surface area contributed by atoms with Crippen molar-refractivity contribution in [2.45, 2.75) is 11.1 Å². The number of carbonyl (C=O) groups is 1. The number of alkyl halides is 3. The number of rotatable bonds is 6. The number of carbonyl (C=O) groups excluding carboxylic acids is 1. The van der Waals surface area contributed by atoms with Crippen LogP contribution in [-0.2, 0) is 32.8 Å². The first-order chi connectivity index (χ1) is 18.4. The van der Waals surface area contributed by atoms with Crippen molar-refractivity contribution in [1.82, 2.24) is 29.3 Å². The fourth-order valence-corrected chi connectivity index (χ4v) is 5.04. The summed E-state index contributed by atoms with van der Waals surface area (Å²) >= 11 is 0. The van der Waals surface area contributed by atoms with Crippen molar-refractivity contribution in [3.05, 3.63) is 70.6 Å². The Morgan fingerprint density at radius 1 is 1.15 bits per heavy atom. The van der Waals surface area contributed by atoms with E-state index in [0.29, 0.717) is 16.6 Å². The van der Waals surface area contributed by atoms with Gasteiger partial charge in [-0.05, 0) is 36.4 Å². The monoisotopic (exact) mass is 560 g/mol. The summed E-state index contributed by atoms with van der Waals surface area (Å²) in [6.45, 7) is -0.561. The zero-order valence-electron chi connectivity index (χ0n) is 20.3. The van der Waals surface area contributed by atoms with Crippen molar-refractivity contribution >= 4 is 37.9 Å². The number of fused-ring (bicyclic) bond motifs is 3. The number of aryl methyl sites for hydroxylation is 1. The molecule has 0 aliphatic heterocycles. The van der Waals surface area contributed by atoms with E-state index >= 15 is 0 Å². The number of halogens is 3. The number of esters is 1. The molecule has 0 amide bonds. The maximum absolute atomic E-state index is 13.6. The molecule has 2 aromatic carbocycles. The Morgan fingerprint density at radius 3 is 2.54 bits per heavy atom. The topological polar surface area (TPSA) is 141 Å². The second kappa shape index (κ2) is 9.36. The van der Waals surface area contributed by atoms with Crippen molar-refractivity contribution in [3.63, 3.8) is 0 Å². The first-order valence-electron chi connectivity index (χ1n) is 11.2. The molecule has 0 saturated carbocycles. The zero-order chi connectivity index (χ0) is 28.1. The van der Waals surface area contributed by atoms with E-state index in [4.69, 9.17) is 0 Å². The molecule has 11 nitrogen and oxygen atoms in total. The van der Waals surface area contributed by atoms with Gasteiger partial charge in [-0.15, -0.1) is 0 Å². The van der Waals surface area contributed by atoms with Crippen molar-refractivity contribution in [2.24, 2.45) is 7.05 Å². The van der Waals surface area contributed by atoms with Crippen LogP contribution < -0.4 is 10.3 Å². The Labute approximate surface area is 217 Å². The first kappa shape index (κ1) is 26.1. The van der Waals surface area contributed by atoms with Crippen LogP contribution in [0.1, 0.15) is 5.56 Å². The van der Waals surface area contributed by atoms with Crippen LogP contribution in [0.15, 0.2) is 64.4 Å². The van der Waals surface area contributed by atoms with E-state index in [1.165, 1.54) is 47.3 Å². The summed E-state index contributed by atoms with van der Waals surface area (Å²) in [6, 6.07) is 9.70. The molecule has 0 bridgehead atoms. The fraction of sp³-hybridized carbons (Fsp3) is 0.167. The van der Waals surface area contributed by atoms with Gasteiger partial charge in [-0.25, -0.2) is 18.1 Å². The van der Waals surface area contributed by atoms with Crippen LogP contribution in [0.5, 0.6) is 0 Å². The highest BCUT2D eigenvalue weighted by molar-refractivity contribution is 7.89. The molecule has 5 aromatic rings. The lowest BCUT2D eigenvalue weighted by atomic mass is 10.0. The number of pyridine rings is 1. The molecule has 0 spiro atoms. The third-order valence-electron chi connectivity index (χ3n) is 6.02. The summed E-state index contributed by atoms with van der Waals surface area (Å²) in [7, 11) is -1.31. The number of aromatic nitrogens is 5. The number of sulfonamides is 1. The molecule has 0 saturated heterocycles. The van der Waals surface area contributed by atoms with Gasteiger partial charge in [-0.3, -0.25) is 19.4 Å². The number of ether oxygens (including phenoxy) is 1. The quantitative estimate of drug-likeness (QED) is 0.304. The van der Waals surface area contributed by atoms with Crippen LogP contribution in [0, 0.1) is 0 Å². The lowest BCUT2D eigenvalue weighted by Gasteiger charge is -2.09. The van der Waals surface area contributed by atoms with E-state index in [1.807, 2.05) is 0 Å². The molecule has 202 valence electrons. The number of H-pyrrole nitrogens is 1. The van der Waals surface area contributed by atoms with Gasteiger partial charge in [0.1, 0.15) is 6.54 Å². The molecule has 0 aliphatic carbocycles. The minimum Gasteiger partial charge on any atom is -0.468 e. The lowest BCUT2D eigenvalue weighted by Crippen LogP contribution is -2.30. The van der Waals surface area contributed by atoms with Crippen molar-refractivity contribution in [3.8, 4) is 16.9 Å². The van der Waals surface area contributed by atoms with Crippen LogP contribution in [0.2, 0.25) is 0 Å². The van der Waals surface area contributed by atoms with E-state index in [0.717, 1.165) is 23.9 Å². The van der Waals surface area contributed by atoms with Crippen molar-refractivity contribution in [1.29, 1.82) is 0 Å². The minimum absolute atomic E-state index is 0.0263. The smallest absolute Gasteiger partial charge is 0.416 e. The van der Waals surface area contributed by atoms with Gasteiger partial charge in [0, 0.05) is 12.6 Å². The number of hydrogen-bond donors (Lipinski definition) is 2.